The van der Waals surface area contributed by atoms with Crippen molar-refractivity contribution in [2.75, 3.05) is 32.2 Å². The Hall–Kier alpha value is -1.89. The van der Waals surface area contributed by atoms with E-state index in [-0.39, 0.29) is 16.5 Å². The molecule has 1 N–H and O–H groups in total. The molecule has 0 aliphatic heterocycles. The zero-order valence-corrected chi connectivity index (χ0v) is 19.6. The number of ether oxygens (including phenoxy) is 1. The molecule has 162 valence electrons. The molecule has 0 bridgehead atoms. The molecule has 2 aromatic carbocycles. The third-order valence-electron chi connectivity index (χ3n) is 4.45. The van der Waals surface area contributed by atoms with E-state index >= 15 is 0 Å². The van der Waals surface area contributed by atoms with Crippen LogP contribution in [0.2, 0.25) is 10.0 Å². The van der Waals surface area contributed by atoms with Crippen molar-refractivity contribution < 1.29 is 14.3 Å². The smallest absolute Gasteiger partial charge is 0.253 e. The van der Waals surface area contributed by atoms with Crippen LogP contribution in [0.1, 0.15) is 22.3 Å². The number of aryl methyl sites for hydroxylation is 1. The number of hydrogen-bond acceptors (Lipinski definition) is 4. The van der Waals surface area contributed by atoms with Gasteiger partial charge in [-0.2, -0.15) is 11.8 Å². The lowest BCUT2D eigenvalue weighted by Crippen LogP contribution is -2.48. The summed E-state index contributed by atoms with van der Waals surface area (Å²) in [6.45, 7) is 2.76. The molecular weight excluding hydrogens is 443 g/mol. The Kier molecular flexibility index (Phi) is 9.82. The maximum absolute atomic E-state index is 12.9. The minimum absolute atomic E-state index is 0.171. The predicted octanol–water partition coefficient (Wildman–Crippen LogP) is 4.69. The third-order valence-corrected chi connectivity index (χ3v) is 5.64. The molecule has 0 radical (unpaired) electrons. The van der Waals surface area contributed by atoms with Crippen LogP contribution in [0, 0.1) is 6.92 Å². The molecule has 0 saturated heterocycles. The van der Waals surface area contributed by atoms with E-state index in [1.54, 1.807) is 35.8 Å². The van der Waals surface area contributed by atoms with E-state index < -0.39 is 11.9 Å². The molecule has 30 heavy (non-hydrogen) atoms. The SMILES string of the molecule is CSCCC(NC(=O)c1ccc(Cl)cc1Cl)C(=O)N(C)CCOc1cccc(C)c1. The lowest BCUT2D eigenvalue weighted by atomic mass is 10.1. The van der Waals surface area contributed by atoms with Gasteiger partial charge in [-0.05, 0) is 61.2 Å². The number of nitrogens with zero attached hydrogens (tertiary/aromatic N) is 1. The number of benzene rings is 2. The summed E-state index contributed by atoms with van der Waals surface area (Å²) in [5.74, 6) is 0.926. The highest BCUT2D eigenvalue weighted by molar-refractivity contribution is 7.98. The summed E-state index contributed by atoms with van der Waals surface area (Å²) in [6, 6.07) is 11.7. The van der Waals surface area contributed by atoms with Gasteiger partial charge in [0.25, 0.3) is 5.91 Å². The second-order valence-corrected chi connectivity index (χ2v) is 8.69. The van der Waals surface area contributed by atoms with Gasteiger partial charge in [-0.1, -0.05) is 35.3 Å². The Balaban J connectivity index is 1.98. The topological polar surface area (TPSA) is 58.6 Å². The van der Waals surface area contributed by atoms with Crippen LogP contribution in [0.3, 0.4) is 0 Å². The van der Waals surface area contributed by atoms with Crippen molar-refractivity contribution in [1.29, 1.82) is 0 Å². The van der Waals surface area contributed by atoms with Crippen molar-refractivity contribution >= 4 is 46.8 Å². The quantitative estimate of drug-likeness (QED) is 0.549. The largest absolute Gasteiger partial charge is 0.492 e. The molecule has 2 rings (SSSR count). The van der Waals surface area contributed by atoms with Crippen LogP contribution in [0.5, 0.6) is 5.75 Å². The molecule has 0 aliphatic carbocycles. The van der Waals surface area contributed by atoms with Gasteiger partial charge in [-0.15, -0.1) is 0 Å². The standard InChI is InChI=1S/C22H26Cl2N2O3S/c1-15-5-4-6-17(13-15)29-11-10-26(2)22(28)20(9-12-30-3)25-21(27)18-8-7-16(23)14-19(18)24/h4-8,13-14,20H,9-12H2,1-3H3,(H,25,27). The number of halogens is 2. The molecule has 2 aromatic rings. The molecule has 5 nitrogen and oxygen atoms in total. The molecule has 2 amide bonds. The summed E-state index contributed by atoms with van der Waals surface area (Å²) in [7, 11) is 1.70. The zero-order valence-electron chi connectivity index (χ0n) is 17.3. The number of thioether (sulfide) groups is 1. The van der Waals surface area contributed by atoms with E-state index in [0.717, 1.165) is 17.1 Å². The van der Waals surface area contributed by atoms with Gasteiger partial charge in [0.15, 0.2) is 0 Å². The van der Waals surface area contributed by atoms with Gasteiger partial charge in [0, 0.05) is 12.1 Å². The van der Waals surface area contributed by atoms with Crippen LogP contribution in [0.4, 0.5) is 0 Å². The van der Waals surface area contributed by atoms with E-state index in [1.165, 1.54) is 6.07 Å². The number of carbonyl (C=O) groups excluding carboxylic acids is 2. The molecule has 1 unspecified atom stereocenters. The second kappa shape index (κ2) is 12.1. The first-order valence-electron chi connectivity index (χ1n) is 9.51. The Morgan fingerprint density at radius 2 is 1.97 bits per heavy atom. The molecule has 0 spiro atoms. The number of hydrogen-bond donors (Lipinski definition) is 1. The summed E-state index contributed by atoms with van der Waals surface area (Å²) in [5, 5.41) is 3.50. The minimum atomic E-state index is -0.652. The highest BCUT2D eigenvalue weighted by Gasteiger charge is 2.25. The van der Waals surface area contributed by atoms with Crippen molar-refractivity contribution in [3.63, 3.8) is 0 Å². The van der Waals surface area contributed by atoms with Crippen molar-refractivity contribution in [2.45, 2.75) is 19.4 Å². The number of nitrogens with one attached hydrogen (secondary N) is 1. The fourth-order valence-electron chi connectivity index (χ4n) is 2.78. The molecular formula is C22H26Cl2N2O3S. The van der Waals surface area contributed by atoms with Gasteiger partial charge in [0.2, 0.25) is 5.91 Å². The van der Waals surface area contributed by atoms with E-state index in [4.69, 9.17) is 27.9 Å². The maximum atomic E-state index is 12.9. The number of carbonyl (C=O) groups is 2. The first-order valence-corrected chi connectivity index (χ1v) is 11.7. The normalized spacial score (nSPS) is 11.6. The van der Waals surface area contributed by atoms with Crippen molar-refractivity contribution in [1.82, 2.24) is 10.2 Å². The maximum Gasteiger partial charge on any atom is 0.253 e. The van der Waals surface area contributed by atoms with Crippen LogP contribution in [0.25, 0.3) is 0 Å². The summed E-state index contributed by atoms with van der Waals surface area (Å²) in [5.41, 5.74) is 1.39. The van der Waals surface area contributed by atoms with Crippen molar-refractivity contribution in [2.24, 2.45) is 0 Å². The van der Waals surface area contributed by atoms with Gasteiger partial charge >= 0.3 is 0 Å². The fraction of sp³-hybridized carbons (Fsp3) is 0.364. The molecule has 0 aromatic heterocycles. The molecule has 0 fully saturated rings. The van der Waals surface area contributed by atoms with Crippen LogP contribution in [0.15, 0.2) is 42.5 Å². The van der Waals surface area contributed by atoms with Gasteiger partial charge in [0.05, 0.1) is 17.1 Å². The van der Waals surface area contributed by atoms with Gasteiger partial charge in [-0.3, -0.25) is 9.59 Å². The average Bonchev–Trinajstić information content (AvgIpc) is 2.70. The summed E-state index contributed by atoms with van der Waals surface area (Å²) >= 11 is 13.6. The molecule has 1 atom stereocenters. The average molecular weight is 469 g/mol. The Labute approximate surface area is 192 Å². The van der Waals surface area contributed by atoms with Gasteiger partial charge in [-0.25, -0.2) is 0 Å². The van der Waals surface area contributed by atoms with Gasteiger partial charge in [0.1, 0.15) is 18.4 Å². The van der Waals surface area contributed by atoms with Crippen LogP contribution < -0.4 is 10.1 Å². The third kappa shape index (κ3) is 7.42. The first-order chi connectivity index (χ1) is 14.3. The predicted molar refractivity (Wildman–Crippen MR) is 125 cm³/mol. The Morgan fingerprint density at radius 3 is 2.63 bits per heavy atom. The lowest BCUT2D eigenvalue weighted by Gasteiger charge is -2.25. The highest BCUT2D eigenvalue weighted by Crippen LogP contribution is 2.21. The number of rotatable bonds is 10. The molecule has 0 saturated carbocycles. The minimum Gasteiger partial charge on any atom is -0.492 e. The molecule has 8 heteroatoms. The highest BCUT2D eigenvalue weighted by atomic mass is 35.5. The summed E-state index contributed by atoms with van der Waals surface area (Å²) in [4.78, 5) is 27.2. The fourth-order valence-corrected chi connectivity index (χ4v) is 3.75. The summed E-state index contributed by atoms with van der Waals surface area (Å²) < 4.78 is 5.73. The Bertz CT molecular complexity index is 879. The zero-order chi connectivity index (χ0) is 22.1. The number of likely N-dealkylation sites (N-methyl/N-ethyl adjacent to an activating group) is 1. The van der Waals surface area contributed by atoms with Gasteiger partial charge < -0.3 is 15.0 Å². The Morgan fingerprint density at radius 1 is 1.20 bits per heavy atom. The summed E-state index contributed by atoms with van der Waals surface area (Å²) in [6.07, 6.45) is 2.47. The van der Waals surface area contributed by atoms with Crippen LogP contribution in [-0.4, -0.2) is 55.0 Å². The first kappa shape index (κ1) is 24.4. The van der Waals surface area contributed by atoms with Crippen molar-refractivity contribution in [3.8, 4) is 5.75 Å². The molecule has 0 aliphatic rings. The lowest BCUT2D eigenvalue weighted by molar-refractivity contribution is -0.132. The monoisotopic (exact) mass is 468 g/mol. The second-order valence-electron chi connectivity index (χ2n) is 6.86. The van der Waals surface area contributed by atoms with E-state index in [2.05, 4.69) is 5.32 Å². The van der Waals surface area contributed by atoms with Crippen molar-refractivity contribution in [3.05, 3.63) is 63.6 Å². The number of amides is 2. The van der Waals surface area contributed by atoms with E-state index in [0.29, 0.717) is 24.6 Å². The van der Waals surface area contributed by atoms with E-state index in [1.807, 2.05) is 37.4 Å². The van der Waals surface area contributed by atoms with E-state index in [9.17, 15) is 9.59 Å². The van der Waals surface area contributed by atoms with Crippen LogP contribution >= 0.6 is 35.0 Å². The molecule has 0 heterocycles. The van der Waals surface area contributed by atoms with Crippen LogP contribution in [-0.2, 0) is 4.79 Å².